The van der Waals surface area contributed by atoms with E-state index in [0.717, 1.165) is 12.8 Å². The first-order valence-electron chi connectivity index (χ1n) is 6.91. The van der Waals surface area contributed by atoms with E-state index in [1.54, 1.807) is 6.92 Å². The van der Waals surface area contributed by atoms with Crippen molar-refractivity contribution in [3.05, 3.63) is 23.8 Å². The number of carbonyl (C=O) groups is 1. The highest BCUT2D eigenvalue weighted by Crippen LogP contribution is 2.28. The molecule has 0 atom stereocenters. The van der Waals surface area contributed by atoms with E-state index in [1.165, 1.54) is 18.2 Å². The number of hydrogen-bond acceptors (Lipinski definition) is 4. The Kier molecular flexibility index (Phi) is 4.53. The zero-order valence-electron chi connectivity index (χ0n) is 12.1. The Morgan fingerprint density at radius 1 is 1.43 bits per heavy atom. The van der Waals surface area contributed by atoms with Gasteiger partial charge in [0.15, 0.2) is 0 Å². The van der Waals surface area contributed by atoms with Gasteiger partial charge in [0.2, 0.25) is 10.0 Å². The molecule has 116 valence electrons. The molecule has 6 nitrogen and oxygen atoms in total. The molecule has 0 heterocycles. The van der Waals surface area contributed by atoms with Gasteiger partial charge in [-0.2, -0.15) is 0 Å². The van der Waals surface area contributed by atoms with Crippen LogP contribution in [0, 0.1) is 5.92 Å². The van der Waals surface area contributed by atoms with Gasteiger partial charge in [0.1, 0.15) is 5.75 Å². The lowest BCUT2D eigenvalue weighted by Gasteiger charge is -2.33. The van der Waals surface area contributed by atoms with Crippen LogP contribution in [0.2, 0.25) is 0 Å². The van der Waals surface area contributed by atoms with Crippen molar-refractivity contribution in [2.75, 3.05) is 6.61 Å². The standard InChI is InChI=1S/C14H20N2O4S/c1-3-20-13-5-4-11(21(15,18)19)8-12(13)14(17)16-10-6-9(2)7-10/h4-5,8-10H,3,6-7H2,1-2H3,(H,16,17)(H2,15,18,19). The van der Waals surface area contributed by atoms with Gasteiger partial charge in [0, 0.05) is 6.04 Å². The molecule has 0 radical (unpaired) electrons. The lowest BCUT2D eigenvalue weighted by molar-refractivity contribution is 0.0892. The molecule has 1 saturated carbocycles. The van der Waals surface area contributed by atoms with Crippen molar-refractivity contribution < 1.29 is 17.9 Å². The average molecular weight is 312 g/mol. The van der Waals surface area contributed by atoms with Crippen LogP contribution in [-0.4, -0.2) is 27.0 Å². The number of primary sulfonamides is 1. The highest BCUT2D eigenvalue weighted by Gasteiger charge is 2.28. The van der Waals surface area contributed by atoms with E-state index in [2.05, 4.69) is 12.2 Å². The highest BCUT2D eigenvalue weighted by atomic mass is 32.2. The largest absolute Gasteiger partial charge is 0.493 e. The molecular weight excluding hydrogens is 292 g/mol. The third kappa shape index (κ3) is 3.74. The maximum Gasteiger partial charge on any atom is 0.255 e. The summed E-state index contributed by atoms with van der Waals surface area (Å²) in [5, 5.41) is 7.99. The van der Waals surface area contributed by atoms with Crippen LogP contribution in [0.3, 0.4) is 0 Å². The minimum absolute atomic E-state index is 0.0990. The summed E-state index contributed by atoms with van der Waals surface area (Å²) in [5.74, 6) is 0.632. The smallest absolute Gasteiger partial charge is 0.255 e. The Labute approximate surface area is 124 Å². The number of rotatable bonds is 5. The molecule has 1 aliphatic rings. The van der Waals surface area contributed by atoms with E-state index < -0.39 is 10.0 Å². The molecule has 1 aliphatic carbocycles. The molecule has 1 aromatic carbocycles. The Morgan fingerprint density at radius 2 is 2.10 bits per heavy atom. The fourth-order valence-corrected chi connectivity index (χ4v) is 2.97. The molecule has 0 saturated heterocycles. The molecule has 0 bridgehead atoms. The quantitative estimate of drug-likeness (QED) is 0.855. The van der Waals surface area contributed by atoms with Crippen LogP contribution < -0.4 is 15.2 Å². The number of carbonyl (C=O) groups excluding carboxylic acids is 1. The normalized spacial score (nSPS) is 21.5. The Balaban J connectivity index is 2.27. The molecule has 0 aliphatic heterocycles. The number of hydrogen-bond donors (Lipinski definition) is 2. The summed E-state index contributed by atoms with van der Waals surface area (Å²) in [6.45, 7) is 4.30. The SMILES string of the molecule is CCOc1ccc(S(N)(=O)=O)cc1C(=O)NC1CC(C)C1. The minimum Gasteiger partial charge on any atom is -0.493 e. The first kappa shape index (κ1) is 15.8. The van der Waals surface area contributed by atoms with E-state index in [9.17, 15) is 13.2 Å². The summed E-state index contributed by atoms with van der Waals surface area (Å²) < 4.78 is 28.2. The van der Waals surface area contributed by atoms with E-state index in [1.807, 2.05) is 0 Å². The van der Waals surface area contributed by atoms with Crippen molar-refractivity contribution in [1.82, 2.24) is 5.32 Å². The maximum atomic E-state index is 12.3. The molecule has 0 aromatic heterocycles. The first-order chi connectivity index (χ1) is 9.81. The summed E-state index contributed by atoms with van der Waals surface area (Å²) >= 11 is 0. The van der Waals surface area contributed by atoms with Gasteiger partial charge in [-0.15, -0.1) is 0 Å². The van der Waals surface area contributed by atoms with Crippen LogP contribution >= 0.6 is 0 Å². The summed E-state index contributed by atoms with van der Waals surface area (Å²) in [6.07, 6.45) is 1.87. The summed E-state index contributed by atoms with van der Waals surface area (Å²) in [6, 6.07) is 4.20. The lowest BCUT2D eigenvalue weighted by atomic mass is 9.82. The van der Waals surface area contributed by atoms with Crippen molar-refractivity contribution in [1.29, 1.82) is 0 Å². The molecule has 1 aromatic rings. The van der Waals surface area contributed by atoms with Gasteiger partial charge in [-0.05, 0) is 43.9 Å². The van der Waals surface area contributed by atoms with Gasteiger partial charge in [0.05, 0.1) is 17.1 Å². The average Bonchev–Trinajstić information content (AvgIpc) is 2.36. The Hall–Kier alpha value is -1.60. The van der Waals surface area contributed by atoms with Crippen molar-refractivity contribution >= 4 is 15.9 Å². The second kappa shape index (κ2) is 6.03. The number of sulfonamides is 1. The minimum atomic E-state index is -3.85. The van der Waals surface area contributed by atoms with Crippen molar-refractivity contribution in [3.63, 3.8) is 0 Å². The van der Waals surface area contributed by atoms with Crippen molar-refractivity contribution in [2.45, 2.75) is 37.6 Å². The first-order valence-corrected chi connectivity index (χ1v) is 8.46. The molecule has 0 unspecified atom stereocenters. The fraction of sp³-hybridized carbons (Fsp3) is 0.500. The molecule has 21 heavy (non-hydrogen) atoms. The second-order valence-electron chi connectivity index (χ2n) is 5.38. The zero-order valence-corrected chi connectivity index (χ0v) is 12.9. The number of ether oxygens (including phenoxy) is 1. The summed E-state index contributed by atoms with van der Waals surface area (Å²) in [4.78, 5) is 12.2. The topological polar surface area (TPSA) is 98.5 Å². The fourth-order valence-electron chi connectivity index (χ4n) is 2.43. The highest BCUT2D eigenvalue weighted by molar-refractivity contribution is 7.89. The van der Waals surface area contributed by atoms with Crippen LogP contribution in [0.15, 0.2) is 23.1 Å². The van der Waals surface area contributed by atoms with Crippen LogP contribution in [0.25, 0.3) is 0 Å². The van der Waals surface area contributed by atoms with Gasteiger partial charge in [-0.3, -0.25) is 4.79 Å². The Morgan fingerprint density at radius 3 is 2.62 bits per heavy atom. The van der Waals surface area contributed by atoms with Crippen LogP contribution in [0.5, 0.6) is 5.75 Å². The summed E-state index contributed by atoms with van der Waals surface area (Å²) in [7, 11) is -3.85. The molecular formula is C14H20N2O4S. The van der Waals surface area contributed by atoms with Gasteiger partial charge >= 0.3 is 0 Å². The monoisotopic (exact) mass is 312 g/mol. The van der Waals surface area contributed by atoms with Gasteiger partial charge < -0.3 is 10.1 Å². The van der Waals surface area contributed by atoms with E-state index in [4.69, 9.17) is 9.88 Å². The Bertz CT molecular complexity index is 636. The predicted octanol–water partition coefficient (Wildman–Crippen LogP) is 1.26. The van der Waals surface area contributed by atoms with E-state index in [0.29, 0.717) is 18.3 Å². The molecule has 1 amide bonds. The maximum absolute atomic E-state index is 12.3. The zero-order chi connectivity index (χ0) is 15.6. The van der Waals surface area contributed by atoms with Crippen LogP contribution in [0.1, 0.15) is 37.0 Å². The molecule has 3 N–H and O–H groups in total. The predicted molar refractivity (Wildman–Crippen MR) is 78.6 cm³/mol. The second-order valence-corrected chi connectivity index (χ2v) is 6.94. The third-order valence-corrected chi connectivity index (χ3v) is 4.44. The number of nitrogens with one attached hydrogen (secondary N) is 1. The third-order valence-electron chi connectivity index (χ3n) is 3.53. The van der Waals surface area contributed by atoms with E-state index >= 15 is 0 Å². The molecule has 7 heteroatoms. The van der Waals surface area contributed by atoms with E-state index in [-0.39, 0.29) is 22.4 Å². The number of benzene rings is 1. The van der Waals surface area contributed by atoms with Crippen LogP contribution in [-0.2, 0) is 10.0 Å². The number of nitrogens with two attached hydrogens (primary N) is 1. The molecule has 1 fully saturated rings. The molecule has 0 spiro atoms. The summed E-state index contributed by atoms with van der Waals surface area (Å²) in [5.41, 5.74) is 0.197. The van der Waals surface area contributed by atoms with Crippen molar-refractivity contribution in [3.8, 4) is 5.75 Å². The van der Waals surface area contributed by atoms with Crippen LogP contribution in [0.4, 0.5) is 0 Å². The van der Waals surface area contributed by atoms with Gasteiger partial charge in [-0.25, -0.2) is 13.6 Å². The molecule has 2 rings (SSSR count). The van der Waals surface area contributed by atoms with Gasteiger partial charge in [0.25, 0.3) is 5.91 Å². The lowest BCUT2D eigenvalue weighted by Crippen LogP contribution is -2.43. The number of amides is 1. The van der Waals surface area contributed by atoms with Crippen molar-refractivity contribution in [2.24, 2.45) is 11.1 Å². The van der Waals surface area contributed by atoms with Gasteiger partial charge in [-0.1, -0.05) is 6.92 Å².